The van der Waals surface area contributed by atoms with Crippen LogP contribution < -0.4 is 0 Å². The Labute approximate surface area is 145 Å². The lowest BCUT2D eigenvalue weighted by molar-refractivity contribution is -0.00494. The van der Waals surface area contributed by atoms with Crippen LogP contribution in [-0.2, 0) is 11.8 Å². The highest BCUT2D eigenvalue weighted by atomic mass is 16.5. The van der Waals surface area contributed by atoms with E-state index in [2.05, 4.69) is 10.1 Å². The van der Waals surface area contributed by atoms with Crippen molar-refractivity contribution in [3.05, 3.63) is 66.4 Å². The molecule has 1 aliphatic heterocycles. The lowest BCUT2D eigenvalue weighted by Crippen LogP contribution is -2.44. The molecule has 25 heavy (non-hydrogen) atoms. The summed E-state index contributed by atoms with van der Waals surface area (Å²) >= 11 is 0. The highest BCUT2D eigenvalue weighted by Crippen LogP contribution is 2.25. The maximum atomic E-state index is 13.1. The molecule has 1 atom stereocenters. The Balaban J connectivity index is 1.65. The van der Waals surface area contributed by atoms with Crippen molar-refractivity contribution in [1.82, 2.24) is 24.2 Å². The average Bonchev–Trinajstić information content (AvgIpc) is 3.33. The molecule has 1 saturated heterocycles. The number of ether oxygens (including phenoxy) is 1. The minimum Gasteiger partial charge on any atom is -0.377 e. The Morgan fingerprint density at radius 1 is 1.20 bits per heavy atom. The zero-order valence-corrected chi connectivity index (χ0v) is 13.9. The zero-order valence-electron chi connectivity index (χ0n) is 13.9. The Morgan fingerprint density at radius 3 is 2.88 bits per heavy atom. The molecule has 7 nitrogen and oxygen atoms in total. The fourth-order valence-corrected chi connectivity index (χ4v) is 3.13. The molecule has 0 spiro atoms. The van der Waals surface area contributed by atoms with E-state index in [0.29, 0.717) is 31.3 Å². The minimum atomic E-state index is -0.114. The van der Waals surface area contributed by atoms with E-state index >= 15 is 0 Å². The number of aryl methyl sites for hydroxylation is 1. The normalized spacial score (nSPS) is 17.6. The van der Waals surface area contributed by atoms with Crippen molar-refractivity contribution in [1.29, 1.82) is 0 Å². The summed E-state index contributed by atoms with van der Waals surface area (Å²) in [6, 6.07) is 11.1. The molecule has 1 aliphatic rings. The quantitative estimate of drug-likeness (QED) is 0.731. The number of carbonyl (C=O) groups excluding carboxylic acids is 1. The maximum Gasteiger partial charge on any atom is 0.273 e. The van der Waals surface area contributed by atoms with Crippen molar-refractivity contribution >= 4 is 5.91 Å². The predicted molar refractivity (Wildman–Crippen MR) is 91.4 cm³/mol. The number of hydrogen-bond donors (Lipinski definition) is 0. The van der Waals surface area contributed by atoms with E-state index in [9.17, 15) is 4.79 Å². The van der Waals surface area contributed by atoms with E-state index in [1.165, 1.54) is 0 Å². The lowest BCUT2D eigenvalue weighted by Gasteiger charge is -2.35. The van der Waals surface area contributed by atoms with Crippen LogP contribution in [0.25, 0.3) is 5.82 Å². The molecular formula is C18H19N5O2. The summed E-state index contributed by atoms with van der Waals surface area (Å²) in [5.74, 6) is 0.531. The fraction of sp³-hybridized carbons (Fsp3) is 0.278. The van der Waals surface area contributed by atoms with Gasteiger partial charge in [-0.05, 0) is 30.3 Å². The summed E-state index contributed by atoms with van der Waals surface area (Å²) in [7, 11) is 1.98. The maximum absolute atomic E-state index is 13.1. The molecule has 1 amide bonds. The Morgan fingerprint density at radius 2 is 2.12 bits per heavy atom. The van der Waals surface area contributed by atoms with Gasteiger partial charge in [-0.1, -0.05) is 6.07 Å². The lowest BCUT2D eigenvalue weighted by atomic mass is 10.1. The summed E-state index contributed by atoms with van der Waals surface area (Å²) in [6.45, 7) is 1.57. The molecule has 4 rings (SSSR count). The van der Waals surface area contributed by atoms with E-state index in [1.54, 1.807) is 23.1 Å². The smallest absolute Gasteiger partial charge is 0.273 e. The third kappa shape index (κ3) is 2.94. The number of rotatable bonds is 3. The van der Waals surface area contributed by atoms with Crippen LogP contribution in [-0.4, -0.2) is 49.9 Å². The Bertz CT molecular complexity index is 871. The summed E-state index contributed by atoms with van der Waals surface area (Å²) in [6.07, 6.45) is 5.46. The van der Waals surface area contributed by atoms with Crippen molar-refractivity contribution in [3.8, 4) is 5.82 Å². The van der Waals surface area contributed by atoms with Gasteiger partial charge in [0.05, 0.1) is 19.3 Å². The first kappa shape index (κ1) is 15.6. The minimum absolute atomic E-state index is 0.0940. The summed E-state index contributed by atoms with van der Waals surface area (Å²) in [5.41, 5.74) is 1.46. The molecule has 3 aromatic heterocycles. The third-order valence-corrected chi connectivity index (χ3v) is 4.41. The van der Waals surface area contributed by atoms with Gasteiger partial charge in [-0.25, -0.2) is 9.67 Å². The molecule has 0 saturated carbocycles. The summed E-state index contributed by atoms with van der Waals surface area (Å²) < 4.78 is 9.28. The monoisotopic (exact) mass is 337 g/mol. The van der Waals surface area contributed by atoms with Crippen LogP contribution >= 0.6 is 0 Å². The highest BCUT2D eigenvalue weighted by Gasteiger charge is 2.31. The largest absolute Gasteiger partial charge is 0.377 e. The van der Waals surface area contributed by atoms with Gasteiger partial charge in [0.2, 0.25) is 0 Å². The van der Waals surface area contributed by atoms with Crippen molar-refractivity contribution in [2.75, 3.05) is 19.8 Å². The number of nitrogens with zero attached hydrogens (tertiary/aromatic N) is 5. The van der Waals surface area contributed by atoms with Gasteiger partial charge >= 0.3 is 0 Å². The fourth-order valence-electron chi connectivity index (χ4n) is 3.13. The molecule has 1 fully saturated rings. The summed E-state index contributed by atoms with van der Waals surface area (Å²) in [5, 5.41) is 4.17. The molecule has 128 valence electrons. The van der Waals surface area contributed by atoms with Crippen molar-refractivity contribution in [3.63, 3.8) is 0 Å². The standard InChI is InChI=1S/C18H19N5O2/c1-21-9-3-6-15(21)16-13-25-12-11-22(16)18(24)14-5-2-7-17(20-14)23-10-4-8-19-23/h2-10,16H,11-13H2,1H3/t16-/m1/s1. The van der Waals surface area contributed by atoms with Gasteiger partial charge in [-0.2, -0.15) is 5.10 Å². The molecule has 4 heterocycles. The summed E-state index contributed by atoms with van der Waals surface area (Å²) in [4.78, 5) is 19.4. The van der Waals surface area contributed by atoms with E-state index in [1.807, 2.05) is 53.0 Å². The number of aromatic nitrogens is 4. The molecule has 3 aromatic rings. The number of amides is 1. The number of pyridine rings is 1. The van der Waals surface area contributed by atoms with Gasteiger partial charge in [0.25, 0.3) is 5.91 Å². The first-order valence-corrected chi connectivity index (χ1v) is 8.21. The molecule has 0 aliphatic carbocycles. The predicted octanol–water partition coefficient (Wildman–Crippen LogP) is 1.82. The van der Waals surface area contributed by atoms with Crippen LogP contribution in [0.5, 0.6) is 0 Å². The van der Waals surface area contributed by atoms with E-state index in [4.69, 9.17) is 4.74 Å². The van der Waals surface area contributed by atoms with Crippen molar-refractivity contribution in [2.45, 2.75) is 6.04 Å². The van der Waals surface area contributed by atoms with Gasteiger partial charge in [0, 0.05) is 37.9 Å². The Kier molecular flexibility index (Phi) is 4.07. The first-order chi connectivity index (χ1) is 12.2. The van der Waals surface area contributed by atoms with E-state index in [0.717, 1.165) is 5.69 Å². The van der Waals surface area contributed by atoms with Crippen LogP contribution in [0.3, 0.4) is 0 Å². The van der Waals surface area contributed by atoms with Crippen LogP contribution in [0, 0.1) is 0 Å². The molecule has 0 aromatic carbocycles. The van der Waals surface area contributed by atoms with E-state index in [-0.39, 0.29) is 11.9 Å². The molecule has 0 radical (unpaired) electrons. The van der Waals surface area contributed by atoms with Crippen molar-refractivity contribution in [2.24, 2.45) is 7.05 Å². The van der Waals surface area contributed by atoms with Gasteiger partial charge in [-0.3, -0.25) is 4.79 Å². The first-order valence-electron chi connectivity index (χ1n) is 8.21. The highest BCUT2D eigenvalue weighted by molar-refractivity contribution is 5.92. The topological polar surface area (TPSA) is 65.2 Å². The van der Waals surface area contributed by atoms with Gasteiger partial charge < -0.3 is 14.2 Å². The van der Waals surface area contributed by atoms with Crippen LogP contribution in [0.15, 0.2) is 55.0 Å². The van der Waals surface area contributed by atoms with E-state index < -0.39 is 0 Å². The molecular weight excluding hydrogens is 318 g/mol. The third-order valence-electron chi connectivity index (χ3n) is 4.41. The van der Waals surface area contributed by atoms with Gasteiger partial charge in [0.1, 0.15) is 5.69 Å². The van der Waals surface area contributed by atoms with Crippen LogP contribution in [0.1, 0.15) is 22.2 Å². The van der Waals surface area contributed by atoms with Crippen LogP contribution in [0.2, 0.25) is 0 Å². The second kappa shape index (κ2) is 6.52. The van der Waals surface area contributed by atoms with Crippen molar-refractivity contribution < 1.29 is 9.53 Å². The second-order valence-electron chi connectivity index (χ2n) is 5.96. The SMILES string of the molecule is Cn1cccc1[C@H]1COCCN1C(=O)c1cccc(-n2cccn2)n1. The molecule has 0 N–H and O–H groups in total. The second-order valence-corrected chi connectivity index (χ2v) is 5.96. The van der Waals surface area contributed by atoms with Gasteiger partial charge in [0.15, 0.2) is 5.82 Å². The number of morpholine rings is 1. The molecule has 0 unspecified atom stereocenters. The average molecular weight is 337 g/mol. The van der Waals surface area contributed by atoms with Crippen LogP contribution in [0.4, 0.5) is 0 Å². The Hall–Kier alpha value is -2.93. The van der Waals surface area contributed by atoms with Gasteiger partial charge in [-0.15, -0.1) is 0 Å². The molecule has 0 bridgehead atoms. The number of carbonyl (C=O) groups is 1. The molecule has 7 heteroatoms. The number of hydrogen-bond acceptors (Lipinski definition) is 4. The zero-order chi connectivity index (χ0) is 17.2.